The highest BCUT2D eigenvalue weighted by atomic mass is 35.5. The molecule has 0 fully saturated rings. The van der Waals surface area contributed by atoms with E-state index in [2.05, 4.69) is 9.88 Å². The number of hydrogen-bond acceptors (Lipinski definition) is 6. The predicted molar refractivity (Wildman–Crippen MR) is 120 cm³/mol. The number of carbonyl (C=O) groups is 1. The molecule has 0 aliphatic rings. The van der Waals surface area contributed by atoms with Crippen molar-refractivity contribution in [3.8, 4) is 5.75 Å². The smallest absolute Gasteiger partial charge is 0.322 e. The average molecular weight is 505 g/mol. The van der Waals surface area contributed by atoms with Crippen molar-refractivity contribution in [3.05, 3.63) is 58.1 Å². The molecule has 2 aromatic carbocycles. The van der Waals surface area contributed by atoms with Gasteiger partial charge in [-0.1, -0.05) is 41.4 Å². The van der Waals surface area contributed by atoms with Gasteiger partial charge in [-0.05, 0) is 41.4 Å². The Kier molecular flexibility index (Phi) is 9.39. The minimum atomic E-state index is -4.28. The SMILES string of the molecule is NC(N)=NOCCCOc1ccc(CC(NS(=O)(=O)c2c(Cl)cccc2Cl)C(=O)O)cc1. The first-order valence-electron chi connectivity index (χ1n) is 9.22. The summed E-state index contributed by atoms with van der Waals surface area (Å²) in [5.74, 6) is -0.970. The van der Waals surface area contributed by atoms with Crippen molar-refractivity contribution in [2.45, 2.75) is 23.8 Å². The van der Waals surface area contributed by atoms with Gasteiger partial charge in [0.25, 0.3) is 0 Å². The lowest BCUT2D eigenvalue weighted by molar-refractivity contribution is -0.138. The number of ether oxygens (including phenoxy) is 1. The number of halogens is 2. The molecule has 0 spiro atoms. The lowest BCUT2D eigenvalue weighted by atomic mass is 10.1. The molecule has 0 saturated heterocycles. The van der Waals surface area contributed by atoms with Gasteiger partial charge in [0, 0.05) is 6.42 Å². The van der Waals surface area contributed by atoms with Crippen LogP contribution in [0.5, 0.6) is 5.75 Å². The van der Waals surface area contributed by atoms with Gasteiger partial charge in [0.1, 0.15) is 23.3 Å². The Morgan fingerprint density at radius 1 is 1.09 bits per heavy atom. The summed E-state index contributed by atoms with van der Waals surface area (Å²) >= 11 is 11.9. The standard InChI is InChI=1S/C19H22Cl2N4O6S/c20-14-3-1-4-15(21)17(14)32(28,29)25-16(18(26)27)11-12-5-7-13(8-6-12)30-9-2-10-31-24-19(22)23/h1,3-8,16,25H,2,9-11H2,(H,26,27)(H4,22,23,24). The number of sulfonamides is 1. The van der Waals surface area contributed by atoms with Gasteiger partial charge in [-0.2, -0.15) is 4.72 Å². The van der Waals surface area contributed by atoms with Gasteiger partial charge in [0.15, 0.2) is 0 Å². The molecule has 0 saturated carbocycles. The molecule has 174 valence electrons. The summed E-state index contributed by atoms with van der Waals surface area (Å²) in [7, 11) is -4.28. The van der Waals surface area contributed by atoms with Crippen LogP contribution in [0.4, 0.5) is 0 Å². The van der Waals surface area contributed by atoms with Crippen LogP contribution in [0, 0.1) is 0 Å². The maximum absolute atomic E-state index is 12.7. The summed E-state index contributed by atoms with van der Waals surface area (Å²) in [6.07, 6.45) is 0.426. The zero-order valence-corrected chi connectivity index (χ0v) is 19.0. The number of aliphatic carboxylic acids is 1. The first kappa shape index (κ1) is 25.5. The van der Waals surface area contributed by atoms with Gasteiger partial charge in [-0.15, -0.1) is 0 Å². The number of carboxylic acid groups (broad SMARTS) is 1. The number of guanidine groups is 1. The summed E-state index contributed by atoms with van der Waals surface area (Å²) in [5, 5.41) is 12.7. The summed E-state index contributed by atoms with van der Waals surface area (Å²) in [6, 6.07) is 9.31. The minimum absolute atomic E-state index is 0.108. The lowest BCUT2D eigenvalue weighted by Crippen LogP contribution is -2.42. The zero-order valence-electron chi connectivity index (χ0n) is 16.7. The van der Waals surface area contributed by atoms with E-state index >= 15 is 0 Å². The van der Waals surface area contributed by atoms with E-state index in [0.717, 1.165) is 0 Å². The quantitative estimate of drug-likeness (QED) is 0.147. The van der Waals surface area contributed by atoms with E-state index in [0.29, 0.717) is 24.3 Å². The predicted octanol–water partition coefficient (Wildman–Crippen LogP) is 1.94. The maximum Gasteiger partial charge on any atom is 0.322 e. The molecule has 32 heavy (non-hydrogen) atoms. The van der Waals surface area contributed by atoms with Crippen LogP contribution < -0.4 is 20.9 Å². The second-order valence-corrected chi connectivity index (χ2v) is 8.93. The molecule has 13 heteroatoms. The van der Waals surface area contributed by atoms with E-state index in [-0.39, 0.29) is 33.9 Å². The van der Waals surface area contributed by atoms with Crippen molar-refractivity contribution < 1.29 is 27.9 Å². The van der Waals surface area contributed by atoms with Gasteiger partial charge >= 0.3 is 5.97 Å². The van der Waals surface area contributed by atoms with E-state index < -0.39 is 22.0 Å². The maximum atomic E-state index is 12.7. The summed E-state index contributed by atoms with van der Waals surface area (Å²) in [4.78, 5) is 16.1. The molecule has 0 aliphatic heterocycles. The number of benzene rings is 2. The van der Waals surface area contributed by atoms with Gasteiger partial charge in [0.2, 0.25) is 16.0 Å². The fourth-order valence-electron chi connectivity index (χ4n) is 2.56. The molecule has 2 rings (SSSR count). The normalized spacial score (nSPS) is 12.1. The zero-order chi connectivity index (χ0) is 23.7. The van der Waals surface area contributed by atoms with Crippen LogP contribution in [0.3, 0.4) is 0 Å². The number of hydrogen-bond donors (Lipinski definition) is 4. The van der Waals surface area contributed by atoms with Crippen LogP contribution >= 0.6 is 23.2 Å². The Hall–Kier alpha value is -2.73. The molecule has 1 atom stereocenters. The molecule has 0 aromatic heterocycles. The molecule has 1 unspecified atom stereocenters. The van der Waals surface area contributed by atoms with Crippen molar-refractivity contribution in [2.24, 2.45) is 16.6 Å². The molecule has 2 aromatic rings. The molecule has 0 aliphatic carbocycles. The van der Waals surface area contributed by atoms with Crippen LogP contribution in [-0.4, -0.2) is 44.7 Å². The fraction of sp³-hybridized carbons (Fsp3) is 0.263. The van der Waals surface area contributed by atoms with Crippen molar-refractivity contribution in [2.75, 3.05) is 13.2 Å². The van der Waals surface area contributed by atoms with E-state index in [4.69, 9.17) is 44.2 Å². The van der Waals surface area contributed by atoms with Gasteiger partial charge in [0.05, 0.1) is 16.7 Å². The largest absolute Gasteiger partial charge is 0.493 e. The molecule has 0 bridgehead atoms. The van der Waals surface area contributed by atoms with Crippen LogP contribution in [0.2, 0.25) is 10.0 Å². The number of nitrogens with one attached hydrogen (secondary N) is 1. The van der Waals surface area contributed by atoms with Crippen molar-refractivity contribution in [1.29, 1.82) is 0 Å². The number of rotatable bonds is 12. The molecule has 0 heterocycles. The Balaban J connectivity index is 1.98. The van der Waals surface area contributed by atoms with E-state index in [1.807, 2.05) is 0 Å². The third-order valence-electron chi connectivity index (χ3n) is 3.96. The van der Waals surface area contributed by atoms with E-state index in [1.165, 1.54) is 18.2 Å². The van der Waals surface area contributed by atoms with Gasteiger partial charge in [-0.3, -0.25) is 4.79 Å². The number of nitrogens with zero attached hydrogens (tertiary/aromatic N) is 1. The van der Waals surface area contributed by atoms with Crippen LogP contribution in [0.25, 0.3) is 0 Å². The third kappa shape index (κ3) is 7.75. The molecular formula is C19H22Cl2N4O6S. The Bertz CT molecular complexity index is 1040. The fourth-order valence-corrected chi connectivity index (χ4v) is 4.89. The first-order chi connectivity index (χ1) is 15.1. The monoisotopic (exact) mass is 504 g/mol. The van der Waals surface area contributed by atoms with Crippen molar-refractivity contribution >= 4 is 45.2 Å². The number of nitrogens with two attached hydrogens (primary N) is 2. The van der Waals surface area contributed by atoms with Crippen LogP contribution in [0.15, 0.2) is 52.5 Å². The Morgan fingerprint density at radius 2 is 1.72 bits per heavy atom. The molecule has 10 nitrogen and oxygen atoms in total. The third-order valence-corrected chi connectivity index (χ3v) is 6.39. The van der Waals surface area contributed by atoms with Gasteiger partial charge in [-0.25, -0.2) is 8.42 Å². The number of carboxylic acids is 1. The summed E-state index contributed by atoms with van der Waals surface area (Å²) in [5.41, 5.74) is 10.8. The summed E-state index contributed by atoms with van der Waals surface area (Å²) < 4.78 is 33.0. The topological polar surface area (TPSA) is 166 Å². The second-order valence-electron chi connectivity index (χ2n) is 6.46. The molecule has 6 N–H and O–H groups in total. The van der Waals surface area contributed by atoms with E-state index in [9.17, 15) is 18.3 Å². The van der Waals surface area contributed by atoms with Crippen molar-refractivity contribution in [1.82, 2.24) is 4.72 Å². The first-order valence-corrected chi connectivity index (χ1v) is 11.5. The average Bonchev–Trinajstić information content (AvgIpc) is 2.70. The highest BCUT2D eigenvalue weighted by Gasteiger charge is 2.29. The van der Waals surface area contributed by atoms with E-state index in [1.54, 1.807) is 24.3 Å². The Morgan fingerprint density at radius 3 is 2.28 bits per heavy atom. The highest BCUT2D eigenvalue weighted by molar-refractivity contribution is 7.89. The van der Waals surface area contributed by atoms with Crippen molar-refractivity contribution in [3.63, 3.8) is 0 Å². The molecule has 0 amide bonds. The lowest BCUT2D eigenvalue weighted by Gasteiger charge is -2.16. The molecule has 0 radical (unpaired) electrons. The Labute approximate surface area is 195 Å². The highest BCUT2D eigenvalue weighted by Crippen LogP contribution is 2.29. The molecular weight excluding hydrogens is 483 g/mol. The number of oxime groups is 1. The van der Waals surface area contributed by atoms with Crippen LogP contribution in [0.1, 0.15) is 12.0 Å². The second kappa shape index (κ2) is 11.8. The minimum Gasteiger partial charge on any atom is -0.493 e. The summed E-state index contributed by atoms with van der Waals surface area (Å²) in [6.45, 7) is 0.612. The van der Waals surface area contributed by atoms with Gasteiger partial charge < -0.3 is 26.1 Å². The van der Waals surface area contributed by atoms with Crippen LogP contribution in [-0.2, 0) is 26.1 Å².